The lowest BCUT2D eigenvalue weighted by molar-refractivity contribution is -0.131. The number of rotatable bonds is 5. The lowest BCUT2D eigenvalue weighted by Crippen LogP contribution is -2.31. The number of carbonyl (C=O) groups excluding carboxylic acids is 1. The van der Waals surface area contributed by atoms with Crippen LogP contribution in [0.5, 0.6) is 0 Å². The molecule has 1 heterocycles. The summed E-state index contributed by atoms with van der Waals surface area (Å²) in [6.45, 7) is 11.9. The summed E-state index contributed by atoms with van der Waals surface area (Å²) in [6.07, 6.45) is 2.98. The molecule has 18 heavy (non-hydrogen) atoms. The molecule has 0 radical (unpaired) electrons. The lowest BCUT2D eigenvalue weighted by Gasteiger charge is -2.25. The van der Waals surface area contributed by atoms with Crippen molar-refractivity contribution in [1.29, 1.82) is 0 Å². The van der Waals surface area contributed by atoms with Crippen molar-refractivity contribution in [1.82, 2.24) is 10.2 Å². The summed E-state index contributed by atoms with van der Waals surface area (Å²) in [5.74, 6) is 1.49. The number of amides is 1. The smallest absolute Gasteiger partial charge is 0.222 e. The van der Waals surface area contributed by atoms with Gasteiger partial charge in [-0.15, -0.1) is 0 Å². The molecule has 0 saturated carbocycles. The molecule has 1 rings (SSSR count). The van der Waals surface area contributed by atoms with Crippen LogP contribution >= 0.6 is 0 Å². The summed E-state index contributed by atoms with van der Waals surface area (Å²) in [5.41, 5.74) is 0.319. The van der Waals surface area contributed by atoms with Crippen molar-refractivity contribution in [3.63, 3.8) is 0 Å². The van der Waals surface area contributed by atoms with Crippen molar-refractivity contribution in [3.8, 4) is 0 Å². The highest BCUT2D eigenvalue weighted by molar-refractivity contribution is 5.76. The Kier molecular flexibility index (Phi) is 5.64. The van der Waals surface area contributed by atoms with Crippen molar-refractivity contribution in [2.45, 2.75) is 47.0 Å². The zero-order chi connectivity index (χ0) is 13.8. The quantitative estimate of drug-likeness (QED) is 0.817. The van der Waals surface area contributed by atoms with Gasteiger partial charge in [0.05, 0.1) is 0 Å². The summed E-state index contributed by atoms with van der Waals surface area (Å²) in [4.78, 5) is 14.3. The number of hydrogen-bond acceptors (Lipinski definition) is 2. The zero-order valence-corrected chi connectivity index (χ0v) is 12.8. The van der Waals surface area contributed by atoms with Crippen LogP contribution in [-0.2, 0) is 4.79 Å². The average Bonchev–Trinajstić information content (AvgIpc) is 2.63. The van der Waals surface area contributed by atoms with Crippen molar-refractivity contribution >= 4 is 5.91 Å². The van der Waals surface area contributed by atoms with Crippen LogP contribution in [0.1, 0.15) is 47.0 Å². The number of nitrogens with zero attached hydrogens (tertiary/aromatic N) is 1. The van der Waals surface area contributed by atoms with Gasteiger partial charge in [-0.2, -0.15) is 0 Å². The van der Waals surface area contributed by atoms with Gasteiger partial charge in [-0.05, 0) is 43.7 Å². The molecular weight excluding hydrogens is 224 g/mol. The van der Waals surface area contributed by atoms with Gasteiger partial charge >= 0.3 is 0 Å². The van der Waals surface area contributed by atoms with E-state index in [4.69, 9.17) is 0 Å². The molecule has 0 spiro atoms. The van der Waals surface area contributed by atoms with Crippen molar-refractivity contribution in [2.75, 3.05) is 26.7 Å². The van der Waals surface area contributed by atoms with Crippen LogP contribution in [0.15, 0.2) is 0 Å². The van der Waals surface area contributed by atoms with Crippen LogP contribution in [-0.4, -0.2) is 37.5 Å². The monoisotopic (exact) mass is 254 g/mol. The first-order valence-corrected chi connectivity index (χ1v) is 7.24. The standard InChI is InChI=1S/C15H30N2O/c1-12(9-15(2,3)4)8-14(18)17-7-6-13(11-17)10-16-5/h12-13,16H,6-11H2,1-5H3. The van der Waals surface area contributed by atoms with E-state index in [2.05, 4.69) is 37.9 Å². The van der Waals surface area contributed by atoms with Crippen LogP contribution in [0.25, 0.3) is 0 Å². The zero-order valence-electron chi connectivity index (χ0n) is 12.8. The van der Waals surface area contributed by atoms with E-state index in [9.17, 15) is 4.79 Å². The maximum Gasteiger partial charge on any atom is 0.222 e. The van der Waals surface area contributed by atoms with Gasteiger partial charge < -0.3 is 10.2 Å². The highest BCUT2D eigenvalue weighted by Crippen LogP contribution is 2.27. The van der Waals surface area contributed by atoms with Gasteiger partial charge in [0.1, 0.15) is 0 Å². The fourth-order valence-electron chi connectivity index (χ4n) is 3.06. The molecule has 0 aromatic heterocycles. The number of hydrogen-bond donors (Lipinski definition) is 1. The molecule has 3 nitrogen and oxygen atoms in total. The third-order valence-corrected chi connectivity index (χ3v) is 3.62. The van der Waals surface area contributed by atoms with Crippen LogP contribution < -0.4 is 5.32 Å². The van der Waals surface area contributed by atoms with E-state index < -0.39 is 0 Å². The Morgan fingerprint density at radius 1 is 1.44 bits per heavy atom. The van der Waals surface area contributed by atoms with E-state index in [-0.39, 0.29) is 0 Å². The molecule has 2 atom stereocenters. The normalized spacial score (nSPS) is 22.3. The van der Waals surface area contributed by atoms with E-state index >= 15 is 0 Å². The van der Waals surface area contributed by atoms with E-state index in [1.54, 1.807) is 0 Å². The fourth-order valence-corrected chi connectivity index (χ4v) is 3.06. The first kappa shape index (κ1) is 15.5. The molecule has 1 fully saturated rings. The maximum atomic E-state index is 12.2. The molecule has 1 aliphatic heterocycles. The Morgan fingerprint density at radius 3 is 2.67 bits per heavy atom. The topological polar surface area (TPSA) is 32.3 Å². The largest absolute Gasteiger partial charge is 0.342 e. The molecule has 1 N–H and O–H groups in total. The maximum absolute atomic E-state index is 12.2. The van der Waals surface area contributed by atoms with Gasteiger partial charge in [-0.1, -0.05) is 27.7 Å². The van der Waals surface area contributed by atoms with Crippen molar-refractivity contribution in [2.24, 2.45) is 17.3 Å². The van der Waals surface area contributed by atoms with Crippen LogP contribution in [0.3, 0.4) is 0 Å². The third-order valence-electron chi connectivity index (χ3n) is 3.62. The molecule has 0 aromatic rings. The van der Waals surface area contributed by atoms with Crippen LogP contribution in [0.4, 0.5) is 0 Å². The number of carbonyl (C=O) groups is 1. The van der Waals surface area contributed by atoms with Gasteiger partial charge in [0.2, 0.25) is 5.91 Å². The van der Waals surface area contributed by atoms with Crippen LogP contribution in [0, 0.1) is 17.3 Å². The molecule has 2 unspecified atom stereocenters. The van der Waals surface area contributed by atoms with Gasteiger partial charge in [0, 0.05) is 19.5 Å². The summed E-state index contributed by atoms with van der Waals surface area (Å²) < 4.78 is 0. The summed E-state index contributed by atoms with van der Waals surface area (Å²) in [6, 6.07) is 0. The minimum atomic E-state index is 0.319. The Hall–Kier alpha value is -0.570. The average molecular weight is 254 g/mol. The third kappa shape index (κ3) is 5.38. The highest BCUT2D eigenvalue weighted by Gasteiger charge is 2.27. The highest BCUT2D eigenvalue weighted by atomic mass is 16.2. The van der Waals surface area contributed by atoms with E-state index in [0.29, 0.717) is 29.6 Å². The van der Waals surface area contributed by atoms with Gasteiger partial charge in [0.15, 0.2) is 0 Å². The second-order valence-electron chi connectivity index (χ2n) is 7.13. The predicted molar refractivity (Wildman–Crippen MR) is 76.5 cm³/mol. The lowest BCUT2D eigenvalue weighted by atomic mass is 9.84. The molecule has 1 saturated heterocycles. The Bertz CT molecular complexity index is 270. The number of nitrogens with one attached hydrogen (secondary N) is 1. The minimum Gasteiger partial charge on any atom is -0.342 e. The molecule has 1 amide bonds. The van der Waals surface area contributed by atoms with Crippen molar-refractivity contribution in [3.05, 3.63) is 0 Å². The minimum absolute atomic E-state index is 0.319. The first-order valence-electron chi connectivity index (χ1n) is 7.24. The van der Waals surface area contributed by atoms with Gasteiger partial charge in [0.25, 0.3) is 0 Å². The fraction of sp³-hybridized carbons (Fsp3) is 0.933. The summed E-state index contributed by atoms with van der Waals surface area (Å²) in [5, 5.41) is 3.20. The second kappa shape index (κ2) is 6.55. The first-order chi connectivity index (χ1) is 8.31. The molecule has 0 aliphatic carbocycles. The Labute approximate surface area is 112 Å². The SMILES string of the molecule is CNCC1CCN(C(=O)CC(C)CC(C)(C)C)C1. The molecular formula is C15H30N2O. The van der Waals surface area contributed by atoms with E-state index in [1.807, 2.05) is 7.05 Å². The van der Waals surface area contributed by atoms with Crippen molar-refractivity contribution < 1.29 is 4.79 Å². The molecule has 106 valence electrons. The Balaban J connectivity index is 2.33. The molecule has 1 aliphatic rings. The molecule has 0 bridgehead atoms. The number of likely N-dealkylation sites (tertiary alicyclic amines) is 1. The Morgan fingerprint density at radius 2 is 2.11 bits per heavy atom. The summed E-state index contributed by atoms with van der Waals surface area (Å²) >= 11 is 0. The molecule has 0 aromatic carbocycles. The van der Waals surface area contributed by atoms with E-state index in [1.165, 1.54) is 0 Å². The summed E-state index contributed by atoms with van der Waals surface area (Å²) in [7, 11) is 1.98. The van der Waals surface area contributed by atoms with E-state index in [0.717, 1.165) is 32.5 Å². The van der Waals surface area contributed by atoms with Gasteiger partial charge in [-0.3, -0.25) is 4.79 Å². The molecule has 3 heteroatoms. The second-order valence-corrected chi connectivity index (χ2v) is 7.13. The van der Waals surface area contributed by atoms with Gasteiger partial charge in [-0.25, -0.2) is 0 Å². The predicted octanol–water partition coefficient (Wildman–Crippen LogP) is 2.52. The van der Waals surface area contributed by atoms with Crippen LogP contribution in [0.2, 0.25) is 0 Å².